The smallest absolute Gasteiger partial charge is 0.324 e. The first-order chi connectivity index (χ1) is 9.79. The Balaban J connectivity index is 2.28. The monoisotopic (exact) mass is 294 g/mol. The Kier molecular flexibility index (Phi) is 4.32. The summed E-state index contributed by atoms with van der Waals surface area (Å²) in [5.74, 6) is 0. The van der Waals surface area contributed by atoms with Crippen LogP contribution >= 0.6 is 0 Å². The van der Waals surface area contributed by atoms with Crippen LogP contribution in [0.4, 0.5) is 13.2 Å². The molecule has 0 spiro atoms. The quantitative estimate of drug-likeness (QED) is 0.930. The molecular formula is C16H17F3N2. The van der Waals surface area contributed by atoms with E-state index < -0.39 is 17.8 Å². The Morgan fingerprint density at radius 2 is 1.86 bits per heavy atom. The van der Waals surface area contributed by atoms with E-state index in [0.29, 0.717) is 6.42 Å². The maximum Gasteiger partial charge on any atom is 0.416 e. The van der Waals surface area contributed by atoms with Crippen molar-refractivity contribution in [2.45, 2.75) is 32.5 Å². The second-order valence-electron chi connectivity index (χ2n) is 5.19. The van der Waals surface area contributed by atoms with E-state index >= 15 is 0 Å². The molecular weight excluding hydrogens is 277 g/mol. The van der Waals surface area contributed by atoms with Crippen molar-refractivity contribution >= 4 is 0 Å². The van der Waals surface area contributed by atoms with Crippen LogP contribution in [0.1, 0.15) is 33.9 Å². The first-order valence-electron chi connectivity index (χ1n) is 6.62. The summed E-state index contributed by atoms with van der Waals surface area (Å²) in [7, 11) is 0. The molecule has 0 aliphatic carbocycles. The molecule has 0 fully saturated rings. The summed E-state index contributed by atoms with van der Waals surface area (Å²) in [6.07, 6.45) is -1.74. The topological polar surface area (TPSA) is 38.9 Å². The van der Waals surface area contributed by atoms with Crippen LogP contribution in [0.2, 0.25) is 0 Å². The Morgan fingerprint density at radius 3 is 2.48 bits per heavy atom. The first-order valence-corrected chi connectivity index (χ1v) is 6.62. The summed E-state index contributed by atoms with van der Waals surface area (Å²) >= 11 is 0. The molecule has 1 unspecified atom stereocenters. The highest BCUT2D eigenvalue weighted by Crippen LogP contribution is 2.34. The Hall–Kier alpha value is -1.88. The normalized spacial score (nSPS) is 13.2. The van der Waals surface area contributed by atoms with Gasteiger partial charge in [0.05, 0.1) is 5.56 Å². The van der Waals surface area contributed by atoms with Gasteiger partial charge in [-0.25, -0.2) is 0 Å². The third kappa shape index (κ3) is 3.61. The number of aromatic nitrogens is 1. The minimum Gasteiger partial charge on any atom is -0.324 e. The van der Waals surface area contributed by atoms with E-state index in [1.165, 1.54) is 6.20 Å². The molecule has 1 atom stereocenters. The van der Waals surface area contributed by atoms with Gasteiger partial charge in [0, 0.05) is 18.4 Å². The van der Waals surface area contributed by atoms with E-state index in [0.717, 1.165) is 29.0 Å². The summed E-state index contributed by atoms with van der Waals surface area (Å²) in [5.41, 5.74) is 8.45. The average Bonchev–Trinajstić information content (AvgIpc) is 2.42. The lowest BCUT2D eigenvalue weighted by Gasteiger charge is -2.18. The fourth-order valence-corrected chi connectivity index (χ4v) is 2.25. The van der Waals surface area contributed by atoms with Gasteiger partial charge in [-0.3, -0.25) is 4.98 Å². The van der Waals surface area contributed by atoms with Crippen LogP contribution in [-0.4, -0.2) is 4.98 Å². The van der Waals surface area contributed by atoms with Gasteiger partial charge >= 0.3 is 6.18 Å². The van der Waals surface area contributed by atoms with Crippen LogP contribution in [0, 0.1) is 13.8 Å². The van der Waals surface area contributed by atoms with Crippen molar-refractivity contribution in [2.24, 2.45) is 5.73 Å². The van der Waals surface area contributed by atoms with E-state index in [1.54, 1.807) is 0 Å². The van der Waals surface area contributed by atoms with Crippen LogP contribution in [0.5, 0.6) is 0 Å². The van der Waals surface area contributed by atoms with Crippen molar-refractivity contribution in [1.82, 2.24) is 4.98 Å². The molecule has 5 heteroatoms. The third-order valence-corrected chi connectivity index (χ3v) is 3.58. The minimum atomic E-state index is -4.42. The predicted molar refractivity (Wildman–Crippen MR) is 75.8 cm³/mol. The highest BCUT2D eigenvalue weighted by Gasteiger charge is 2.34. The van der Waals surface area contributed by atoms with Crippen molar-refractivity contribution in [2.75, 3.05) is 0 Å². The van der Waals surface area contributed by atoms with Crippen LogP contribution in [0.25, 0.3) is 0 Å². The fourth-order valence-electron chi connectivity index (χ4n) is 2.25. The number of nitrogens with zero attached hydrogens (tertiary/aromatic N) is 1. The molecule has 1 aromatic carbocycles. The van der Waals surface area contributed by atoms with E-state index in [2.05, 4.69) is 4.98 Å². The molecule has 0 saturated carbocycles. The fraction of sp³-hybridized carbons (Fsp3) is 0.312. The molecule has 1 aromatic heterocycles. The average molecular weight is 294 g/mol. The Labute approximate surface area is 121 Å². The Bertz CT molecular complexity index is 636. The van der Waals surface area contributed by atoms with Gasteiger partial charge in [-0.1, -0.05) is 18.2 Å². The van der Waals surface area contributed by atoms with Gasteiger partial charge < -0.3 is 5.73 Å². The molecule has 0 aliphatic rings. The van der Waals surface area contributed by atoms with Crippen molar-refractivity contribution < 1.29 is 13.2 Å². The number of hydrogen-bond donors (Lipinski definition) is 1. The minimum absolute atomic E-state index is 0.0308. The number of rotatable bonds is 3. The zero-order chi connectivity index (χ0) is 15.6. The SMILES string of the molecule is Cc1ccc(CC(N)c2cnccc2C(F)(F)F)cc1C. The second kappa shape index (κ2) is 5.85. The standard InChI is InChI=1S/C16H17F3N2/c1-10-3-4-12(7-11(10)2)8-15(20)13-9-21-6-5-14(13)16(17,18)19/h3-7,9,15H,8,20H2,1-2H3. The lowest BCUT2D eigenvalue weighted by atomic mass is 9.95. The summed E-state index contributed by atoms with van der Waals surface area (Å²) in [5, 5.41) is 0. The molecule has 112 valence electrons. The molecule has 1 heterocycles. The first kappa shape index (κ1) is 15.5. The number of benzene rings is 1. The van der Waals surface area contributed by atoms with Crippen LogP contribution < -0.4 is 5.73 Å². The maximum atomic E-state index is 13.0. The zero-order valence-electron chi connectivity index (χ0n) is 11.9. The number of alkyl halides is 3. The van der Waals surface area contributed by atoms with Gasteiger partial charge in [0.15, 0.2) is 0 Å². The molecule has 0 bridgehead atoms. The molecule has 21 heavy (non-hydrogen) atoms. The highest BCUT2D eigenvalue weighted by molar-refractivity contribution is 5.34. The lowest BCUT2D eigenvalue weighted by Crippen LogP contribution is -2.19. The number of pyridine rings is 1. The third-order valence-electron chi connectivity index (χ3n) is 3.58. The van der Waals surface area contributed by atoms with E-state index in [-0.39, 0.29) is 5.56 Å². The number of aryl methyl sites for hydroxylation is 2. The van der Waals surface area contributed by atoms with E-state index in [4.69, 9.17) is 5.73 Å². The molecule has 2 rings (SSSR count). The van der Waals surface area contributed by atoms with Gasteiger partial charge in [0.2, 0.25) is 0 Å². The largest absolute Gasteiger partial charge is 0.416 e. The summed E-state index contributed by atoms with van der Waals surface area (Å²) in [6, 6.07) is 6.03. The summed E-state index contributed by atoms with van der Waals surface area (Å²) in [4.78, 5) is 3.77. The van der Waals surface area contributed by atoms with Crippen LogP contribution in [0.15, 0.2) is 36.7 Å². The number of hydrogen-bond acceptors (Lipinski definition) is 2. The number of nitrogens with two attached hydrogens (primary N) is 1. The molecule has 2 aromatic rings. The van der Waals surface area contributed by atoms with Crippen molar-refractivity contribution in [3.63, 3.8) is 0 Å². The lowest BCUT2D eigenvalue weighted by molar-refractivity contribution is -0.138. The molecule has 2 N–H and O–H groups in total. The second-order valence-corrected chi connectivity index (χ2v) is 5.19. The highest BCUT2D eigenvalue weighted by atomic mass is 19.4. The van der Waals surface area contributed by atoms with Crippen LogP contribution in [0.3, 0.4) is 0 Å². The van der Waals surface area contributed by atoms with Crippen molar-refractivity contribution in [3.8, 4) is 0 Å². The van der Waals surface area contributed by atoms with Gasteiger partial charge in [0.1, 0.15) is 0 Å². The summed E-state index contributed by atoms with van der Waals surface area (Å²) in [6.45, 7) is 3.96. The van der Waals surface area contributed by atoms with Gasteiger partial charge in [-0.05, 0) is 48.6 Å². The molecule has 0 radical (unpaired) electrons. The molecule has 0 aliphatic heterocycles. The van der Waals surface area contributed by atoms with Gasteiger partial charge in [-0.2, -0.15) is 13.2 Å². The van der Waals surface area contributed by atoms with Crippen LogP contribution in [-0.2, 0) is 12.6 Å². The molecule has 0 amide bonds. The van der Waals surface area contributed by atoms with Crippen molar-refractivity contribution in [3.05, 3.63) is 64.5 Å². The Morgan fingerprint density at radius 1 is 1.14 bits per heavy atom. The van der Waals surface area contributed by atoms with Gasteiger partial charge in [0.25, 0.3) is 0 Å². The summed E-state index contributed by atoms with van der Waals surface area (Å²) < 4.78 is 38.9. The van der Waals surface area contributed by atoms with Gasteiger partial charge in [-0.15, -0.1) is 0 Å². The number of halogens is 3. The van der Waals surface area contributed by atoms with E-state index in [1.807, 2.05) is 32.0 Å². The zero-order valence-corrected chi connectivity index (χ0v) is 11.9. The molecule has 0 saturated heterocycles. The van der Waals surface area contributed by atoms with E-state index in [9.17, 15) is 13.2 Å². The predicted octanol–water partition coefficient (Wildman–Crippen LogP) is 3.96. The molecule has 2 nitrogen and oxygen atoms in total. The van der Waals surface area contributed by atoms with Crippen molar-refractivity contribution in [1.29, 1.82) is 0 Å². The maximum absolute atomic E-state index is 13.0.